The first-order valence-corrected chi connectivity index (χ1v) is 7.78. The SMILES string of the molecule is O=C(O)CC(=O)O.[Li][CH2]C(CCCCCCC)C(C)C.[NaH]. The first-order valence-electron chi connectivity index (χ1n) is 7.78. The Kier molecular flexibility index (Phi) is 23.4. The molecule has 4 nitrogen and oxygen atoms in total. The zero-order valence-corrected chi connectivity index (χ0v) is 13.5. The summed E-state index contributed by atoms with van der Waals surface area (Å²) < 4.78 is 0. The summed E-state index contributed by atoms with van der Waals surface area (Å²) in [7, 11) is 0. The first-order chi connectivity index (χ1) is 9.34. The van der Waals surface area contributed by atoms with Crippen molar-refractivity contribution >= 4 is 59.2 Å². The van der Waals surface area contributed by atoms with E-state index in [-0.39, 0.29) is 29.6 Å². The molecule has 0 radical (unpaired) electrons. The molecule has 116 valence electrons. The van der Waals surface area contributed by atoms with Crippen molar-refractivity contribution in [2.24, 2.45) is 11.8 Å². The molecule has 0 aromatic heterocycles. The summed E-state index contributed by atoms with van der Waals surface area (Å²) in [5.74, 6) is -0.766. The number of carbonyl (C=O) groups is 2. The summed E-state index contributed by atoms with van der Waals surface area (Å²) in [5.41, 5.74) is 0. The molecule has 0 saturated carbocycles. The number of hydrogen-bond donors (Lipinski definition) is 2. The van der Waals surface area contributed by atoms with Gasteiger partial charge in [0.2, 0.25) is 0 Å². The van der Waals surface area contributed by atoms with Crippen molar-refractivity contribution in [1.29, 1.82) is 0 Å². The van der Waals surface area contributed by atoms with Gasteiger partial charge >= 0.3 is 135 Å². The fourth-order valence-corrected chi connectivity index (χ4v) is 2.15. The molecule has 2 N–H and O–H groups in total. The number of carboxylic acid groups (broad SMARTS) is 2. The molecule has 6 heteroatoms. The van der Waals surface area contributed by atoms with E-state index in [0.717, 1.165) is 11.8 Å². The van der Waals surface area contributed by atoms with Gasteiger partial charge in [0.1, 0.15) is 6.42 Å². The van der Waals surface area contributed by atoms with Crippen LogP contribution in [0.2, 0.25) is 5.09 Å². The molecule has 0 aromatic rings. The summed E-state index contributed by atoms with van der Waals surface area (Å²) in [6.07, 6.45) is 7.80. The fourth-order valence-electron chi connectivity index (χ4n) is 2.15. The van der Waals surface area contributed by atoms with Crippen molar-refractivity contribution in [3.05, 3.63) is 0 Å². The molecule has 1 unspecified atom stereocenters. The van der Waals surface area contributed by atoms with Crippen molar-refractivity contribution in [2.45, 2.75) is 70.8 Å². The molecule has 0 bridgehead atoms. The van der Waals surface area contributed by atoms with Crippen LogP contribution in [-0.2, 0) is 9.59 Å². The molecule has 1 atom stereocenters. The number of rotatable bonds is 10. The van der Waals surface area contributed by atoms with Gasteiger partial charge in [-0.3, -0.25) is 9.59 Å². The second-order valence-electron chi connectivity index (χ2n) is 5.58. The minimum atomic E-state index is -1.31. The summed E-state index contributed by atoms with van der Waals surface area (Å²) in [5, 5.41) is 16.8. The van der Waals surface area contributed by atoms with Gasteiger partial charge in [-0.15, -0.1) is 0 Å². The number of unbranched alkanes of at least 4 members (excludes halogenated alkanes) is 4. The second-order valence-corrected chi connectivity index (χ2v) is 5.58. The third-order valence-electron chi connectivity index (χ3n) is 3.45. The Morgan fingerprint density at radius 3 is 1.76 bits per heavy atom. The van der Waals surface area contributed by atoms with Crippen molar-refractivity contribution in [2.75, 3.05) is 0 Å². The van der Waals surface area contributed by atoms with Gasteiger partial charge in [0.25, 0.3) is 0 Å². The molecule has 0 aliphatic rings. The van der Waals surface area contributed by atoms with Gasteiger partial charge in [-0.25, -0.2) is 0 Å². The fraction of sp³-hybridized carbons (Fsp3) is 0.867. The van der Waals surface area contributed by atoms with Crippen LogP contribution in [0.5, 0.6) is 0 Å². The molecule has 0 fully saturated rings. The first kappa shape index (κ1) is 26.4. The molecule has 0 rings (SSSR count). The monoisotopic (exact) mass is 304 g/mol. The van der Waals surface area contributed by atoms with Crippen molar-refractivity contribution in [3.63, 3.8) is 0 Å². The van der Waals surface area contributed by atoms with Crippen LogP contribution in [0, 0.1) is 11.8 Å². The average molecular weight is 304 g/mol. The zero-order valence-electron chi connectivity index (χ0n) is 13.5. The van der Waals surface area contributed by atoms with Gasteiger partial charge in [0.15, 0.2) is 0 Å². The Balaban J connectivity index is -0.000000347. The molecule has 0 spiro atoms. The molecule has 0 aromatic carbocycles. The second kappa shape index (κ2) is 18.6. The standard InChI is InChI=1S/C12H25.C3H4O4.Li.Na.H/c1-5-6-7-8-9-10-12(4)11(2)3;4-2(5)1-3(6)7;;;/h11-12H,4-10H2,1-3H3;1H2,(H,4,5)(H,6,7);;;. The van der Waals surface area contributed by atoms with Gasteiger partial charge < -0.3 is 10.2 Å². The Hall–Kier alpha value is 0.537. The quantitative estimate of drug-likeness (QED) is 0.369. The van der Waals surface area contributed by atoms with Crippen LogP contribution in [-0.4, -0.2) is 69.4 Å². The van der Waals surface area contributed by atoms with Gasteiger partial charge in [0.05, 0.1) is 0 Å². The van der Waals surface area contributed by atoms with Crippen molar-refractivity contribution in [1.82, 2.24) is 0 Å². The third-order valence-corrected chi connectivity index (χ3v) is 3.45. The zero-order chi connectivity index (χ0) is 16.0. The van der Waals surface area contributed by atoms with E-state index in [2.05, 4.69) is 38.5 Å². The predicted molar refractivity (Wildman–Crippen MR) is 89.3 cm³/mol. The molecule has 21 heavy (non-hydrogen) atoms. The van der Waals surface area contributed by atoms with Crippen LogP contribution in [0.15, 0.2) is 0 Å². The van der Waals surface area contributed by atoms with Crippen LogP contribution < -0.4 is 0 Å². The Labute approximate surface area is 161 Å². The normalized spacial score (nSPS) is 11.1. The van der Waals surface area contributed by atoms with Crippen LogP contribution in [0.4, 0.5) is 0 Å². The van der Waals surface area contributed by atoms with Crippen LogP contribution in [0.3, 0.4) is 0 Å². The van der Waals surface area contributed by atoms with E-state index >= 15 is 0 Å². The predicted octanol–water partition coefficient (Wildman–Crippen LogP) is 3.10. The summed E-state index contributed by atoms with van der Waals surface area (Å²) in [6, 6.07) is 0. The van der Waals surface area contributed by atoms with E-state index < -0.39 is 18.4 Å². The molecule has 0 heterocycles. The Morgan fingerprint density at radius 2 is 1.48 bits per heavy atom. The van der Waals surface area contributed by atoms with Gasteiger partial charge in [-0.05, 0) is 0 Å². The van der Waals surface area contributed by atoms with Gasteiger partial charge in [-0.1, -0.05) is 0 Å². The van der Waals surface area contributed by atoms with E-state index in [4.69, 9.17) is 10.2 Å². The van der Waals surface area contributed by atoms with E-state index in [0.29, 0.717) is 0 Å². The molecular formula is C15H30LiNaO4. The number of carboxylic acids is 2. The summed E-state index contributed by atoms with van der Waals surface area (Å²) in [4.78, 5) is 18.9. The molecule has 0 amide bonds. The van der Waals surface area contributed by atoms with Crippen LogP contribution in [0.25, 0.3) is 0 Å². The van der Waals surface area contributed by atoms with Crippen LogP contribution in [0.1, 0.15) is 65.7 Å². The van der Waals surface area contributed by atoms with E-state index in [1.165, 1.54) is 43.6 Å². The molecule has 0 saturated heterocycles. The maximum absolute atomic E-state index is 9.43. The van der Waals surface area contributed by atoms with Crippen molar-refractivity contribution in [3.8, 4) is 0 Å². The minimum absolute atomic E-state index is 0. The van der Waals surface area contributed by atoms with Crippen LogP contribution >= 0.6 is 0 Å². The van der Waals surface area contributed by atoms with E-state index in [1.807, 2.05) is 0 Å². The molecule has 0 aliphatic heterocycles. The summed E-state index contributed by atoms with van der Waals surface area (Å²) >= 11 is 2.33. The molecule has 0 aliphatic carbocycles. The number of aliphatic carboxylic acids is 2. The average Bonchev–Trinajstić information content (AvgIpc) is 2.32. The van der Waals surface area contributed by atoms with Gasteiger partial charge in [-0.2, -0.15) is 0 Å². The summed E-state index contributed by atoms with van der Waals surface area (Å²) in [6.45, 7) is 7.00. The Bertz CT molecular complexity index is 248. The van der Waals surface area contributed by atoms with E-state index in [9.17, 15) is 9.59 Å². The maximum atomic E-state index is 9.43. The van der Waals surface area contributed by atoms with E-state index in [1.54, 1.807) is 0 Å². The van der Waals surface area contributed by atoms with Gasteiger partial charge in [0, 0.05) is 0 Å². The Morgan fingerprint density at radius 1 is 1.00 bits per heavy atom. The third kappa shape index (κ3) is 22.9. The number of hydrogen-bond acceptors (Lipinski definition) is 2. The van der Waals surface area contributed by atoms with Crippen molar-refractivity contribution < 1.29 is 19.8 Å². The topological polar surface area (TPSA) is 74.6 Å². The molecular weight excluding hydrogens is 274 g/mol.